The van der Waals surface area contributed by atoms with E-state index in [1.54, 1.807) is 0 Å². The lowest BCUT2D eigenvalue weighted by atomic mass is 9.65. The number of likely N-dealkylation sites (tertiary alicyclic amines) is 1. The number of urea groups is 1. The van der Waals surface area contributed by atoms with Gasteiger partial charge in [0, 0.05) is 12.6 Å². The number of carbonyl (C=O) groups excluding carboxylic acids is 1. The summed E-state index contributed by atoms with van der Waals surface area (Å²) in [7, 11) is 0. The van der Waals surface area contributed by atoms with Crippen molar-refractivity contribution < 1.29 is 4.79 Å². The minimum atomic E-state index is -0.421. The quantitative estimate of drug-likeness (QED) is 0.756. The molecule has 1 aromatic carbocycles. The molecule has 3 heteroatoms. The Bertz CT molecular complexity index is 733. The first-order valence-corrected chi connectivity index (χ1v) is 9.76. The Kier molecular flexibility index (Phi) is 4.49. The van der Waals surface area contributed by atoms with Gasteiger partial charge in [-0.25, -0.2) is 4.79 Å². The monoisotopic (exact) mass is 354 g/mol. The lowest BCUT2D eigenvalue weighted by Gasteiger charge is -2.39. The molecule has 1 aliphatic carbocycles. The molecule has 0 radical (unpaired) electrons. The number of nitrogens with zero attached hydrogens (tertiary/aromatic N) is 1. The van der Waals surface area contributed by atoms with Gasteiger partial charge in [0.15, 0.2) is 0 Å². The van der Waals surface area contributed by atoms with E-state index in [0.29, 0.717) is 11.5 Å². The van der Waals surface area contributed by atoms with Crippen molar-refractivity contribution in [2.24, 2.45) is 10.8 Å². The van der Waals surface area contributed by atoms with Gasteiger partial charge in [0.25, 0.3) is 0 Å². The first-order chi connectivity index (χ1) is 11.9. The first-order valence-electron chi connectivity index (χ1n) is 9.76. The van der Waals surface area contributed by atoms with Crippen LogP contribution in [0.15, 0.2) is 30.8 Å². The Hall–Kier alpha value is -1.77. The normalized spacial score (nSPS) is 27.3. The second-order valence-corrected chi connectivity index (χ2v) is 10.3. The van der Waals surface area contributed by atoms with Gasteiger partial charge in [-0.3, -0.25) is 0 Å². The maximum absolute atomic E-state index is 13.1. The summed E-state index contributed by atoms with van der Waals surface area (Å²) < 4.78 is 0. The number of amides is 2. The highest BCUT2D eigenvalue weighted by molar-refractivity contribution is 5.76. The Morgan fingerprint density at radius 3 is 2.62 bits per heavy atom. The summed E-state index contributed by atoms with van der Waals surface area (Å²) in [6.07, 6.45) is 3.43. The molecule has 1 aromatic rings. The van der Waals surface area contributed by atoms with E-state index in [1.807, 2.05) is 13.0 Å². The SMILES string of the molecule is C=C(C)c1cccc(C(C)(C)NC(=O)N2CC3(C)CC2CC(C)(C)C3)c1. The zero-order valence-corrected chi connectivity index (χ0v) is 17.3. The topological polar surface area (TPSA) is 32.3 Å². The van der Waals surface area contributed by atoms with Crippen LogP contribution in [0.2, 0.25) is 0 Å². The van der Waals surface area contributed by atoms with Gasteiger partial charge in [0.2, 0.25) is 0 Å². The van der Waals surface area contributed by atoms with Crippen LogP contribution in [0.1, 0.15) is 71.9 Å². The van der Waals surface area contributed by atoms with Crippen molar-refractivity contribution >= 4 is 11.6 Å². The highest BCUT2D eigenvalue weighted by Gasteiger charge is 2.51. The van der Waals surface area contributed by atoms with Crippen molar-refractivity contribution in [3.05, 3.63) is 42.0 Å². The minimum absolute atomic E-state index is 0.0714. The number of hydrogen-bond acceptors (Lipinski definition) is 1. The molecule has 1 heterocycles. The first kappa shape index (κ1) is 19.0. The zero-order chi connectivity index (χ0) is 19.3. The van der Waals surface area contributed by atoms with E-state index in [4.69, 9.17) is 0 Å². The Labute approximate surface area is 158 Å². The number of carbonyl (C=O) groups is 1. The van der Waals surface area contributed by atoms with E-state index in [0.717, 1.165) is 36.1 Å². The number of nitrogens with one attached hydrogen (secondary N) is 1. The summed E-state index contributed by atoms with van der Waals surface area (Å²) in [4.78, 5) is 15.2. The van der Waals surface area contributed by atoms with Crippen molar-refractivity contribution in [2.45, 2.75) is 72.4 Å². The van der Waals surface area contributed by atoms with E-state index in [9.17, 15) is 4.79 Å². The predicted octanol–water partition coefficient (Wildman–Crippen LogP) is 5.57. The van der Waals surface area contributed by atoms with E-state index in [1.165, 1.54) is 6.42 Å². The van der Waals surface area contributed by atoms with Gasteiger partial charge in [-0.05, 0) is 68.1 Å². The molecule has 2 atom stereocenters. The summed E-state index contributed by atoms with van der Waals surface area (Å²) >= 11 is 0. The summed E-state index contributed by atoms with van der Waals surface area (Å²) in [6.45, 7) is 18.1. The summed E-state index contributed by atoms with van der Waals surface area (Å²) in [5.41, 5.74) is 3.43. The number of hydrogen-bond donors (Lipinski definition) is 1. The molecule has 2 bridgehead atoms. The molecule has 1 N–H and O–H groups in total. The molecule has 3 rings (SSSR count). The second-order valence-electron chi connectivity index (χ2n) is 10.3. The number of rotatable bonds is 3. The second kappa shape index (κ2) is 6.14. The molecule has 2 unspecified atom stereocenters. The van der Waals surface area contributed by atoms with E-state index < -0.39 is 5.54 Å². The maximum Gasteiger partial charge on any atom is 0.318 e. The lowest BCUT2D eigenvalue weighted by molar-refractivity contribution is 0.128. The van der Waals surface area contributed by atoms with Crippen LogP contribution in [-0.2, 0) is 5.54 Å². The third-order valence-corrected chi connectivity index (χ3v) is 6.17. The molecule has 3 nitrogen and oxygen atoms in total. The van der Waals surface area contributed by atoms with Gasteiger partial charge < -0.3 is 10.2 Å². The standard InChI is InChI=1S/C23H34N2O/c1-16(2)17-9-8-10-18(11-17)22(5,6)24-20(26)25-15-23(7)13-19(25)12-21(3,4)14-23/h8-11,19H,1,12-15H2,2-7H3,(H,24,26). The molecular weight excluding hydrogens is 320 g/mol. The van der Waals surface area contributed by atoms with Crippen LogP contribution in [0.5, 0.6) is 0 Å². The highest BCUT2D eigenvalue weighted by atomic mass is 16.2. The molecule has 1 aliphatic heterocycles. The van der Waals surface area contributed by atoms with Crippen molar-refractivity contribution in [3.63, 3.8) is 0 Å². The maximum atomic E-state index is 13.1. The zero-order valence-electron chi connectivity index (χ0n) is 17.3. The fraction of sp³-hybridized carbons (Fsp3) is 0.609. The fourth-order valence-electron chi connectivity index (χ4n) is 5.28. The number of benzene rings is 1. The molecule has 26 heavy (non-hydrogen) atoms. The fourth-order valence-corrected chi connectivity index (χ4v) is 5.28. The summed E-state index contributed by atoms with van der Waals surface area (Å²) in [5, 5.41) is 3.30. The Balaban J connectivity index is 1.77. The highest BCUT2D eigenvalue weighted by Crippen LogP contribution is 2.52. The van der Waals surface area contributed by atoms with Crippen LogP contribution >= 0.6 is 0 Å². The van der Waals surface area contributed by atoms with E-state index in [-0.39, 0.29) is 11.4 Å². The van der Waals surface area contributed by atoms with Gasteiger partial charge in [-0.1, -0.05) is 51.1 Å². The number of fused-ring (bicyclic) bond motifs is 2. The van der Waals surface area contributed by atoms with Crippen LogP contribution < -0.4 is 5.32 Å². The lowest BCUT2D eigenvalue weighted by Crippen LogP contribution is -2.50. The third kappa shape index (κ3) is 3.67. The Morgan fingerprint density at radius 2 is 1.96 bits per heavy atom. The number of allylic oxidation sites excluding steroid dienone is 1. The molecule has 0 aromatic heterocycles. The largest absolute Gasteiger partial charge is 0.329 e. The van der Waals surface area contributed by atoms with Crippen molar-refractivity contribution in [1.29, 1.82) is 0 Å². The van der Waals surface area contributed by atoms with Crippen LogP contribution in [-0.4, -0.2) is 23.5 Å². The summed E-state index contributed by atoms with van der Waals surface area (Å²) in [5.74, 6) is 0. The van der Waals surface area contributed by atoms with Crippen molar-refractivity contribution in [2.75, 3.05) is 6.54 Å². The van der Waals surface area contributed by atoms with Crippen molar-refractivity contribution in [3.8, 4) is 0 Å². The molecular formula is C23H34N2O. The average Bonchev–Trinajstić information content (AvgIpc) is 2.76. The molecule has 142 valence electrons. The van der Waals surface area contributed by atoms with Crippen molar-refractivity contribution in [1.82, 2.24) is 10.2 Å². The minimum Gasteiger partial charge on any atom is -0.329 e. The predicted molar refractivity (Wildman–Crippen MR) is 109 cm³/mol. The molecule has 1 saturated heterocycles. The molecule has 2 aliphatic rings. The average molecular weight is 355 g/mol. The van der Waals surface area contributed by atoms with Crippen LogP contribution in [0.25, 0.3) is 5.57 Å². The molecule has 2 fully saturated rings. The van der Waals surface area contributed by atoms with Crippen LogP contribution in [0.3, 0.4) is 0 Å². The molecule has 0 spiro atoms. The third-order valence-electron chi connectivity index (χ3n) is 6.17. The van der Waals surface area contributed by atoms with Crippen LogP contribution in [0.4, 0.5) is 4.79 Å². The van der Waals surface area contributed by atoms with Gasteiger partial charge >= 0.3 is 6.03 Å². The van der Waals surface area contributed by atoms with E-state index >= 15 is 0 Å². The van der Waals surface area contributed by atoms with E-state index in [2.05, 4.69) is 69.6 Å². The smallest absolute Gasteiger partial charge is 0.318 e. The molecule has 1 saturated carbocycles. The van der Waals surface area contributed by atoms with Gasteiger partial charge in [-0.2, -0.15) is 0 Å². The molecule has 2 amide bonds. The van der Waals surface area contributed by atoms with Gasteiger partial charge in [0.05, 0.1) is 5.54 Å². The van der Waals surface area contributed by atoms with Gasteiger partial charge in [0.1, 0.15) is 0 Å². The van der Waals surface area contributed by atoms with Crippen LogP contribution in [0, 0.1) is 10.8 Å². The summed E-state index contributed by atoms with van der Waals surface area (Å²) in [6, 6.07) is 8.76. The van der Waals surface area contributed by atoms with Gasteiger partial charge in [-0.15, -0.1) is 0 Å². The Morgan fingerprint density at radius 1 is 1.27 bits per heavy atom.